The molecule has 2 heterocycles. The zero-order valence-corrected chi connectivity index (χ0v) is 15.3. The number of nitriles is 1. The van der Waals surface area contributed by atoms with E-state index in [2.05, 4.69) is 10.1 Å². The molecule has 0 amide bonds. The normalized spacial score (nSPS) is 12.7. The van der Waals surface area contributed by atoms with E-state index < -0.39 is 43.7 Å². The topological polar surface area (TPSA) is 118 Å². The zero-order valence-electron chi connectivity index (χ0n) is 14.4. The van der Waals surface area contributed by atoms with E-state index in [-0.39, 0.29) is 12.4 Å². The van der Waals surface area contributed by atoms with E-state index in [1.807, 2.05) is 0 Å². The van der Waals surface area contributed by atoms with E-state index in [1.54, 1.807) is 20.8 Å². The van der Waals surface area contributed by atoms with Crippen LogP contribution in [0, 0.1) is 16.7 Å². The quantitative estimate of drug-likeness (QED) is 0.779. The minimum atomic E-state index is -4.91. The molecule has 0 bridgehead atoms. The molecule has 0 fully saturated rings. The highest BCUT2D eigenvalue weighted by molar-refractivity contribution is 7.85. The number of rotatable bonds is 4. The first kappa shape index (κ1) is 20.7. The second-order valence-electron chi connectivity index (χ2n) is 6.73. The molecule has 0 aromatic carbocycles. The summed E-state index contributed by atoms with van der Waals surface area (Å²) in [5, 5.41) is 12.6. The number of nitrogens with zero attached hydrogens (tertiary/aromatic N) is 4. The van der Waals surface area contributed by atoms with Gasteiger partial charge in [0, 0.05) is 0 Å². The fraction of sp³-hybridized carbons (Fsp3) is 0.400. The summed E-state index contributed by atoms with van der Waals surface area (Å²) in [5.41, 5.74) is -2.69. The maximum absolute atomic E-state index is 13.2. The van der Waals surface area contributed by atoms with Gasteiger partial charge in [-0.2, -0.15) is 36.6 Å². The summed E-state index contributed by atoms with van der Waals surface area (Å²) in [7, 11) is -4.53. The minimum absolute atomic E-state index is 0.0201. The fourth-order valence-corrected chi connectivity index (χ4v) is 2.35. The van der Waals surface area contributed by atoms with Crippen molar-refractivity contribution in [2.75, 3.05) is 6.61 Å². The summed E-state index contributed by atoms with van der Waals surface area (Å²) in [6.07, 6.45) is -4.16. The van der Waals surface area contributed by atoms with Gasteiger partial charge in [-0.25, -0.2) is 4.98 Å². The summed E-state index contributed by atoms with van der Waals surface area (Å²) in [6.45, 7) is 5.32. The monoisotopic (exact) mass is 404 g/mol. The first-order valence-electron chi connectivity index (χ1n) is 7.41. The largest absolute Gasteiger partial charge is 0.476 e. The van der Waals surface area contributed by atoms with Gasteiger partial charge in [-0.05, 0) is 17.5 Å². The van der Waals surface area contributed by atoms with Gasteiger partial charge in [0.15, 0.2) is 11.5 Å². The highest BCUT2D eigenvalue weighted by Crippen LogP contribution is 2.36. The lowest BCUT2D eigenvalue weighted by Gasteiger charge is -2.19. The summed E-state index contributed by atoms with van der Waals surface area (Å²) >= 11 is 0. The van der Waals surface area contributed by atoms with E-state index in [0.29, 0.717) is 4.68 Å². The van der Waals surface area contributed by atoms with E-state index in [4.69, 9.17) is 9.29 Å². The molecule has 146 valence electrons. The van der Waals surface area contributed by atoms with Gasteiger partial charge in [0.25, 0.3) is 10.1 Å². The van der Waals surface area contributed by atoms with E-state index in [0.717, 1.165) is 18.3 Å². The minimum Gasteiger partial charge on any atom is -0.476 e. The van der Waals surface area contributed by atoms with Crippen molar-refractivity contribution < 1.29 is 30.9 Å². The first-order chi connectivity index (χ1) is 12.2. The fourth-order valence-electron chi connectivity index (χ4n) is 1.93. The molecular formula is C15H15F3N4O4S. The molecule has 0 spiro atoms. The Labute approximate surface area is 153 Å². The molecule has 0 aliphatic carbocycles. The molecule has 2 aromatic rings. The summed E-state index contributed by atoms with van der Waals surface area (Å²) in [5.74, 6) is -0.690. The highest BCUT2D eigenvalue weighted by Gasteiger charge is 2.41. The standard InChI is InChI=1S/C15H15F3N4O4S/c1-14(2,3)8-26-13-10(6-19)12(15(16,17)18)21-22(13)11-5-4-9(7-20-11)27(23,24)25/h4-5,7H,8H2,1-3H3,(H,23,24,25). The Balaban J connectivity index is 2.63. The van der Waals surface area contributed by atoms with Crippen molar-refractivity contribution in [1.82, 2.24) is 14.8 Å². The maximum atomic E-state index is 13.2. The van der Waals surface area contributed by atoms with Crippen molar-refractivity contribution in [2.45, 2.75) is 31.8 Å². The predicted molar refractivity (Wildman–Crippen MR) is 85.8 cm³/mol. The van der Waals surface area contributed by atoms with Gasteiger partial charge in [-0.1, -0.05) is 20.8 Å². The Bertz CT molecular complexity index is 984. The van der Waals surface area contributed by atoms with Gasteiger partial charge in [0.2, 0.25) is 5.88 Å². The van der Waals surface area contributed by atoms with Crippen molar-refractivity contribution in [1.29, 1.82) is 5.26 Å². The van der Waals surface area contributed by atoms with Crippen LogP contribution in [0.15, 0.2) is 23.2 Å². The molecule has 8 nitrogen and oxygen atoms in total. The third-order valence-electron chi connectivity index (χ3n) is 3.10. The Hall–Kier alpha value is -2.65. The third kappa shape index (κ3) is 4.75. The molecule has 0 unspecified atom stereocenters. The number of halogens is 3. The van der Waals surface area contributed by atoms with Gasteiger partial charge in [0.05, 0.1) is 12.8 Å². The Kier molecular flexibility index (Phi) is 5.22. The van der Waals surface area contributed by atoms with Gasteiger partial charge >= 0.3 is 6.18 Å². The van der Waals surface area contributed by atoms with Gasteiger partial charge in [0.1, 0.15) is 16.5 Å². The van der Waals surface area contributed by atoms with Crippen LogP contribution in [0.1, 0.15) is 32.0 Å². The van der Waals surface area contributed by atoms with Crippen LogP contribution in [0.2, 0.25) is 0 Å². The number of pyridine rings is 1. The second-order valence-corrected chi connectivity index (χ2v) is 8.15. The number of aromatic nitrogens is 3. The Morgan fingerprint density at radius 1 is 1.30 bits per heavy atom. The Morgan fingerprint density at radius 2 is 1.93 bits per heavy atom. The molecule has 2 rings (SSSR count). The van der Waals surface area contributed by atoms with Crippen molar-refractivity contribution >= 4 is 10.1 Å². The molecule has 0 aliphatic rings. The maximum Gasteiger partial charge on any atom is 0.436 e. The molecule has 0 saturated heterocycles. The number of hydrogen-bond acceptors (Lipinski definition) is 6. The zero-order chi connectivity index (χ0) is 20.6. The van der Waals surface area contributed by atoms with Crippen molar-refractivity contribution in [3.8, 4) is 17.8 Å². The molecule has 27 heavy (non-hydrogen) atoms. The molecule has 0 aliphatic heterocycles. The second kappa shape index (κ2) is 6.82. The first-order valence-corrected chi connectivity index (χ1v) is 8.85. The molecule has 0 saturated carbocycles. The summed E-state index contributed by atoms with van der Waals surface area (Å²) in [4.78, 5) is 3.15. The van der Waals surface area contributed by atoms with Crippen LogP contribution < -0.4 is 4.74 Å². The van der Waals surface area contributed by atoms with Crippen molar-refractivity contribution in [3.05, 3.63) is 29.6 Å². The average molecular weight is 404 g/mol. The van der Waals surface area contributed by atoms with Gasteiger partial charge in [-0.15, -0.1) is 0 Å². The SMILES string of the molecule is CC(C)(C)COc1c(C#N)c(C(F)(F)F)nn1-c1ccc(S(=O)(=O)O)cn1. The lowest BCUT2D eigenvalue weighted by molar-refractivity contribution is -0.141. The summed E-state index contributed by atoms with van der Waals surface area (Å²) < 4.78 is 76.9. The third-order valence-corrected chi connectivity index (χ3v) is 3.94. The number of alkyl halides is 3. The molecule has 12 heteroatoms. The predicted octanol–water partition coefficient (Wildman–Crippen LogP) is 2.83. The molecule has 0 radical (unpaired) electrons. The van der Waals surface area contributed by atoms with Crippen LogP contribution in [-0.2, 0) is 16.3 Å². The van der Waals surface area contributed by atoms with E-state index >= 15 is 0 Å². The average Bonchev–Trinajstić information content (AvgIpc) is 2.90. The van der Waals surface area contributed by atoms with Gasteiger partial charge < -0.3 is 4.74 Å². The molecule has 0 atom stereocenters. The van der Waals surface area contributed by atoms with Crippen LogP contribution in [0.3, 0.4) is 0 Å². The molecular weight excluding hydrogens is 389 g/mol. The molecule has 2 aromatic heterocycles. The van der Waals surface area contributed by atoms with Crippen molar-refractivity contribution in [2.24, 2.45) is 5.41 Å². The number of ether oxygens (including phenoxy) is 1. The lowest BCUT2D eigenvalue weighted by Crippen LogP contribution is -2.19. The van der Waals surface area contributed by atoms with Crippen LogP contribution in [-0.4, -0.2) is 34.3 Å². The summed E-state index contributed by atoms with van der Waals surface area (Å²) in [6, 6.07) is 3.41. The van der Waals surface area contributed by atoms with Crippen molar-refractivity contribution in [3.63, 3.8) is 0 Å². The van der Waals surface area contributed by atoms with Gasteiger partial charge in [-0.3, -0.25) is 4.55 Å². The van der Waals surface area contributed by atoms with Crippen LogP contribution in [0.5, 0.6) is 5.88 Å². The van der Waals surface area contributed by atoms with Crippen LogP contribution in [0.25, 0.3) is 5.82 Å². The van der Waals surface area contributed by atoms with E-state index in [1.165, 1.54) is 6.07 Å². The smallest absolute Gasteiger partial charge is 0.436 e. The van der Waals surface area contributed by atoms with E-state index in [9.17, 15) is 26.9 Å². The van der Waals surface area contributed by atoms with Crippen LogP contribution >= 0.6 is 0 Å². The number of hydrogen-bond donors (Lipinski definition) is 1. The molecule has 1 N–H and O–H groups in total. The lowest BCUT2D eigenvalue weighted by atomic mass is 9.99. The highest BCUT2D eigenvalue weighted by atomic mass is 32.2. The Morgan fingerprint density at radius 3 is 2.33 bits per heavy atom. The van der Waals surface area contributed by atoms with Crippen LogP contribution in [0.4, 0.5) is 13.2 Å².